The molecule has 6 heteroatoms. The first-order valence-corrected chi connectivity index (χ1v) is 8.78. The molecule has 4 rings (SSSR count). The van der Waals surface area contributed by atoms with Crippen molar-refractivity contribution in [1.82, 2.24) is 14.9 Å². The van der Waals surface area contributed by atoms with Crippen LogP contribution in [-0.2, 0) is 6.54 Å². The number of halogens is 1. The van der Waals surface area contributed by atoms with Gasteiger partial charge in [-0.15, -0.1) is 0 Å². The molecule has 2 aromatic carbocycles. The summed E-state index contributed by atoms with van der Waals surface area (Å²) in [6.07, 6.45) is 0. The van der Waals surface area contributed by atoms with E-state index in [1.54, 1.807) is 6.07 Å². The first kappa shape index (κ1) is 16.1. The van der Waals surface area contributed by atoms with Crippen LogP contribution in [0.5, 0.6) is 0 Å². The molecule has 0 saturated carbocycles. The van der Waals surface area contributed by atoms with Gasteiger partial charge >= 0.3 is 0 Å². The minimum absolute atomic E-state index is 0.0738. The molecule has 1 aliphatic rings. The minimum Gasteiger partial charge on any atom is -0.368 e. The van der Waals surface area contributed by atoms with Gasteiger partial charge in [-0.05, 0) is 24.3 Å². The molecule has 0 aliphatic carbocycles. The molecule has 0 amide bonds. The van der Waals surface area contributed by atoms with Crippen LogP contribution in [0.2, 0.25) is 5.02 Å². The van der Waals surface area contributed by atoms with E-state index in [0.29, 0.717) is 11.9 Å². The fourth-order valence-electron chi connectivity index (χ4n) is 3.28. The van der Waals surface area contributed by atoms with E-state index >= 15 is 0 Å². The Morgan fingerprint density at radius 2 is 1.72 bits per heavy atom. The zero-order valence-corrected chi connectivity index (χ0v) is 14.5. The van der Waals surface area contributed by atoms with E-state index in [4.69, 9.17) is 11.6 Å². The molecular formula is C19H19ClN4O. The summed E-state index contributed by atoms with van der Waals surface area (Å²) >= 11 is 6.29. The Hall–Kier alpha value is -2.37. The summed E-state index contributed by atoms with van der Waals surface area (Å²) in [4.78, 5) is 24.3. The average molecular weight is 355 g/mol. The Labute approximate surface area is 150 Å². The summed E-state index contributed by atoms with van der Waals surface area (Å²) in [7, 11) is 0. The number of aromatic amines is 1. The van der Waals surface area contributed by atoms with Crippen LogP contribution in [0.25, 0.3) is 10.9 Å². The minimum atomic E-state index is -0.0738. The molecule has 1 fully saturated rings. The van der Waals surface area contributed by atoms with Gasteiger partial charge in [0.25, 0.3) is 5.56 Å². The molecule has 0 unspecified atom stereocenters. The molecule has 1 saturated heterocycles. The molecule has 0 bridgehead atoms. The lowest BCUT2D eigenvalue weighted by molar-refractivity contribution is 0.244. The van der Waals surface area contributed by atoms with Crippen molar-refractivity contribution in [3.8, 4) is 0 Å². The van der Waals surface area contributed by atoms with Crippen molar-refractivity contribution < 1.29 is 0 Å². The van der Waals surface area contributed by atoms with Crippen LogP contribution in [0.4, 0.5) is 5.69 Å². The van der Waals surface area contributed by atoms with Crippen LogP contribution in [0.15, 0.2) is 53.3 Å². The molecule has 1 aliphatic heterocycles. The number of anilines is 1. The fraction of sp³-hybridized carbons (Fsp3) is 0.263. The molecule has 3 aromatic rings. The molecule has 25 heavy (non-hydrogen) atoms. The summed E-state index contributed by atoms with van der Waals surface area (Å²) < 4.78 is 0. The highest BCUT2D eigenvalue weighted by Crippen LogP contribution is 2.26. The van der Waals surface area contributed by atoms with Gasteiger partial charge in [-0.3, -0.25) is 9.69 Å². The lowest BCUT2D eigenvalue weighted by atomic mass is 10.2. The molecule has 0 spiro atoms. The van der Waals surface area contributed by atoms with Crippen LogP contribution in [0.1, 0.15) is 5.82 Å². The molecule has 128 valence electrons. The first-order valence-electron chi connectivity index (χ1n) is 8.40. The quantitative estimate of drug-likeness (QED) is 0.785. The first-order chi connectivity index (χ1) is 12.2. The van der Waals surface area contributed by atoms with Crippen molar-refractivity contribution >= 4 is 28.2 Å². The van der Waals surface area contributed by atoms with Crippen LogP contribution in [-0.4, -0.2) is 41.0 Å². The normalized spacial score (nSPS) is 15.6. The third-order valence-electron chi connectivity index (χ3n) is 4.60. The smallest absolute Gasteiger partial charge is 0.258 e. The van der Waals surface area contributed by atoms with Crippen molar-refractivity contribution in [3.63, 3.8) is 0 Å². The van der Waals surface area contributed by atoms with Gasteiger partial charge in [0, 0.05) is 26.2 Å². The zero-order valence-electron chi connectivity index (χ0n) is 13.8. The van der Waals surface area contributed by atoms with Gasteiger partial charge in [0.1, 0.15) is 5.82 Å². The number of para-hydroxylation sites is 2. The number of hydrogen-bond donors (Lipinski definition) is 1. The van der Waals surface area contributed by atoms with Gasteiger partial charge in [-0.25, -0.2) is 4.98 Å². The van der Waals surface area contributed by atoms with Gasteiger partial charge in [-0.2, -0.15) is 0 Å². The second-order valence-corrected chi connectivity index (χ2v) is 6.65. The summed E-state index contributed by atoms with van der Waals surface area (Å²) in [6, 6.07) is 15.4. The van der Waals surface area contributed by atoms with E-state index in [1.807, 2.05) is 36.4 Å². The summed E-state index contributed by atoms with van der Waals surface area (Å²) in [5.74, 6) is 0.717. The number of benzene rings is 2. The monoisotopic (exact) mass is 354 g/mol. The number of rotatable bonds is 3. The van der Waals surface area contributed by atoms with Crippen LogP contribution >= 0.6 is 11.6 Å². The van der Waals surface area contributed by atoms with Gasteiger partial charge in [0.2, 0.25) is 0 Å². The number of hydrogen-bond acceptors (Lipinski definition) is 4. The number of nitrogens with one attached hydrogen (secondary N) is 1. The SMILES string of the molecule is O=c1[nH]c(CN2CCN(c3ccccc3Cl)CC2)nc2ccccc12. The predicted octanol–water partition coefficient (Wildman–Crippen LogP) is 2.90. The molecule has 2 heterocycles. The van der Waals surface area contributed by atoms with Crippen molar-refractivity contribution in [2.45, 2.75) is 6.54 Å². The number of fused-ring (bicyclic) bond motifs is 1. The molecular weight excluding hydrogens is 336 g/mol. The van der Waals surface area contributed by atoms with Crippen molar-refractivity contribution in [2.24, 2.45) is 0 Å². The Kier molecular flexibility index (Phi) is 4.42. The highest BCUT2D eigenvalue weighted by Gasteiger charge is 2.19. The summed E-state index contributed by atoms with van der Waals surface area (Å²) in [6.45, 7) is 4.27. The van der Waals surface area contributed by atoms with Gasteiger partial charge in [0.15, 0.2) is 0 Å². The van der Waals surface area contributed by atoms with E-state index in [9.17, 15) is 4.79 Å². The highest BCUT2D eigenvalue weighted by atomic mass is 35.5. The van der Waals surface area contributed by atoms with Crippen molar-refractivity contribution in [2.75, 3.05) is 31.1 Å². The molecule has 5 nitrogen and oxygen atoms in total. The predicted molar refractivity (Wildman–Crippen MR) is 101 cm³/mol. The lowest BCUT2D eigenvalue weighted by Crippen LogP contribution is -2.46. The second kappa shape index (κ2) is 6.86. The summed E-state index contributed by atoms with van der Waals surface area (Å²) in [5.41, 5.74) is 1.76. The molecule has 0 radical (unpaired) electrons. The maximum atomic E-state index is 12.2. The number of nitrogens with zero attached hydrogens (tertiary/aromatic N) is 3. The fourth-order valence-corrected chi connectivity index (χ4v) is 3.53. The van der Waals surface area contributed by atoms with Gasteiger partial charge in [-0.1, -0.05) is 35.9 Å². The Morgan fingerprint density at radius 3 is 2.52 bits per heavy atom. The maximum Gasteiger partial charge on any atom is 0.258 e. The zero-order chi connectivity index (χ0) is 17.2. The van der Waals surface area contributed by atoms with Gasteiger partial charge in [0.05, 0.1) is 28.2 Å². The Morgan fingerprint density at radius 1 is 1.00 bits per heavy atom. The standard InChI is InChI=1S/C19H19ClN4O/c20-15-6-2-4-8-17(15)24-11-9-23(10-12-24)13-18-21-16-7-3-1-5-14(16)19(25)22-18/h1-8H,9-13H2,(H,21,22,25). The van der Waals surface area contributed by atoms with E-state index in [2.05, 4.69) is 25.8 Å². The average Bonchev–Trinajstić information content (AvgIpc) is 2.63. The van der Waals surface area contributed by atoms with Crippen molar-refractivity contribution in [1.29, 1.82) is 0 Å². The van der Waals surface area contributed by atoms with E-state index in [1.165, 1.54) is 0 Å². The molecule has 1 aromatic heterocycles. The number of piperazine rings is 1. The van der Waals surface area contributed by atoms with Crippen LogP contribution in [0.3, 0.4) is 0 Å². The summed E-state index contributed by atoms with van der Waals surface area (Å²) in [5, 5.41) is 1.42. The van der Waals surface area contributed by atoms with Crippen LogP contribution in [0, 0.1) is 0 Å². The van der Waals surface area contributed by atoms with Gasteiger partial charge < -0.3 is 9.88 Å². The van der Waals surface area contributed by atoms with E-state index in [-0.39, 0.29) is 5.56 Å². The third kappa shape index (κ3) is 3.38. The largest absolute Gasteiger partial charge is 0.368 e. The Balaban J connectivity index is 1.45. The van der Waals surface area contributed by atoms with E-state index < -0.39 is 0 Å². The second-order valence-electron chi connectivity index (χ2n) is 6.24. The number of H-pyrrole nitrogens is 1. The Bertz CT molecular complexity index is 947. The van der Waals surface area contributed by atoms with E-state index in [0.717, 1.165) is 48.2 Å². The molecule has 1 N–H and O–H groups in total. The molecule has 0 atom stereocenters. The third-order valence-corrected chi connectivity index (χ3v) is 4.92. The maximum absolute atomic E-state index is 12.2. The van der Waals surface area contributed by atoms with Crippen LogP contribution < -0.4 is 10.5 Å². The topological polar surface area (TPSA) is 52.2 Å². The van der Waals surface area contributed by atoms with Crippen molar-refractivity contribution in [3.05, 3.63) is 69.7 Å². The number of aromatic nitrogens is 2. The lowest BCUT2D eigenvalue weighted by Gasteiger charge is -2.36. The highest BCUT2D eigenvalue weighted by molar-refractivity contribution is 6.33.